The maximum atomic E-state index is 11.2. The van der Waals surface area contributed by atoms with E-state index in [0.29, 0.717) is 13.2 Å². The van der Waals surface area contributed by atoms with E-state index in [2.05, 4.69) is 22.3 Å². The lowest BCUT2D eigenvalue weighted by atomic mass is 10.5. The van der Waals surface area contributed by atoms with Gasteiger partial charge in [0.05, 0.1) is 7.11 Å². The van der Waals surface area contributed by atoms with Crippen molar-refractivity contribution in [3.8, 4) is 0 Å². The van der Waals surface area contributed by atoms with Gasteiger partial charge in [-0.05, 0) is 12.2 Å². The minimum absolute atomic E-state index is 0.0000680. The molecule has 0 fully saturated rings. The molecule has 0 unspecified atom stereocenters. The van der Waals surface area contributed by atoms with Gasteiger partial charge in [-0.2, -0.15) is 0 Å². The van der Waals surface area contributed by atoms with Gasteiger partial charge in [0.15, 0.2) is 0 Å². The van der Waals surface area contributed by atoms with Crippen LogP contribution in [0.4, 0.5) is 0 Å². The standard InChI is InChI=1S/C7H9NO4S/c1-10-7(13)8-6(9)5-4-11-2-3-12-5/h4H,2-3H2,1H3,(H,8,9,13). The van der Waals surface area contributed by atoms with Crippen LogP contribution in [0.25, 0.3) is 0 Å². The molecular weight excluding hydrogens is 194 g/mol. The van der Waals surface area contributed by atoms with Crippen molar-refractivity contribution in [1.82, 2.24) is 5.32 Å². The molecule has 1 N–H and O–H groups in total. The largest absolute Gasteiger partial charge is 0.494 e. The third-order valence-corrected chi connectivity index (χ3v) is 1.54. The molecule has 0 aliphatic carbocycles. The molecule has 0 radical (unpaired) electrons. The fourth-order valence-corrected chi connectivity index (χ4v) is 0.785. The molecule has 6 heteroatoms. The Morgan fingerprint density at radius 2 is 2.46 bits per heavy atom. The molecule has 5 nitrogen and oxygen atoms in total. The van der Waals surface area contributed by atoms with E-state index in [4.69, 9.17) is 9.47 Å². The second kappa shape index (κ2) is 4.66. The van der Waals surface area contributed by atoms with Crippen LogP contribution in [-0.4, -0.2) is 31.4 Å². The molecule has 1 aliphatic rings. The van der Waals surface area contributed by atoms with E-state index in [9.17, 15) is 4.79 Å². The van der Waals surface area contributed by atoms with Gasteiger partial charge in [0.2, 0.25) is 5.76 Å². The molecule has 0 saturated carbocycles. The summed E-state index contributed by atoms with van der Waals surface area (Å²) in [6, 6.07) is 0. The molecule has 0 saturated heterocycles. The van der Waals surface area contributed by atoms with Crippen LogP contribution >= 0.6 is 12.2 Å². The predicted molar refractivity (Wildman–Crippen MR) is 47.7 cm³/mol. The lowest BCUT2D eigenvalue weighted by Crippen LogP contribution is -2.33. The summed E-state index contributed by atoms with van der Waals surface area (Å²) in [6.07, 6.45) is 1.25. The Morgan fingerprint density at radius 3 is 3.00 bits per heavy atom. The van der Waals surface area contributed by atoms with E-state index in [0.717, 1.165) is 0 Å². The first-order valence-electron chi connectivity index (χ1n) is 3.58. The number of thiocarbonyl (C=S) groups is 1. The third-order valence-electron chi connectivity index (χ3n) is 1.27. The molecule has 13 heavy (non-hydrogen) atoms. The molecular formula is C7H9NO4S. The SMILES string of the molecule is COC(=S)NC(=O)C1=COCCO1. The molecule has 0 aromatic carbocycles. The predicted octanol–water partition coefficient (Wildman–Crippen LogP) is -0.0779. The average molecular weight is 203 g/mol. The summed E-state index contributed by atoms with van der Waals surface area (Å²) >= 11 is 4.62. The van der Waals surface area contributed by atoms with Crippen LogP contribution in [0.1, 0.15) is 0 Å². The van der Waals surface area contributed by atoms with Crippen LogP contribution in [0.15, 0.2) is 12.0 Å². The lowest BCUT2D eigenvalue weighted by Gasteiger charge is -2.14. The summed E-state index contributed by atoms with van der Waals surface area (Å²) in [5.41, 5.74) is 0. The molecule has 0 atom stereocenters. The van der Waals surface area contributed by atoms with Crippen LogP contribution in [0.2, 0.25) is 0 Å². The first kappa shape index (κ1) is 9.79. The first-order chi connectivity index (χ1) is 6.24. The molecule has 72 valence electrons. The maximum absolute atomic E-state index is 11.2. The Kier molecular flexibility index (Phi) is 3.51. The van der Waals surface area contributed by atoms with Crippen LogP contribution in [0.5, 0.6) is 0 Å². The Balaban J connectivity index is 2.47. The minimum atomic E-state index is -0.466. The minimum Gasteiger partial charge on any atom is -0.494 e. The Labute approximate surface area is 80.6 Å². The summed E-state index contributed by atoms with van der Waals surface area (Å²) in [6.45, 7) is 0.810. The molecule has 1 heterocycles. The number of ether oxygens (including phenoxy) is 3. The maximum Gasteiger partial charge on any atom is 0.296 e. The Bertz CT molecular complexity index is 251. The van der Waals surface area contributed by atoms with Gasteiger partial charge in [-0.1, -0.05) is 0 Å². The smallest absolute Gasteiger partial charge is 0.296 e. The summed E-state index contributed by atoms with van der Waals surface area (Å²) in [4.78, 5) is 11.2. The Hall–Kier alpha value is -1.30. The monoisotopic (exact) mass is 203 g/mol. The fraction of sp³-hybridized carbons (Fsp3) is 0.429. The second-order valence-corrected chi connectivity index (χ2v) is 2.52. The number of carbonyl (C=O) groups is 1. The van der Waals surface area contributed by atoms with E-state index < -0.39 is 5.91 Å². The van der Waals surface area contributed by atoms with Crippen LogP contribution in [0.3, 0.4) is 0 Å². The van der Waals surface area contributed by atoms with Crippen LogP contribution in [-0.2, 0) is 19.0 Å². The zero-order valence-corrected chi connectivity index (χ0v) is 7.85. The van der Waals surface area contributed by atoms with Crippen molar-refractivity contribution in [3.05, 3.63) is 12.0 Å². The zero-order valence-electron chi connectivity index (χ0n) is 7.03. The van der Waals surface area contributed by atoms with Gasteiger partial charge in [-0.25, -0.2) is 0 Å². The van der Waals surface area contributed by atoms with Gasteiger partial charge in [-0.15, -0.1) is 0 Å². The van der Waals surface area contributed by atoms with Crippen molar-refractivity contribution in [2.24, 2.45) is 0 Å². The normalized spacial score (nSPS) is 14.7. The molecule has 0 spiro atoms. The quantitative estimate of drug-likeness (QED) is 0.604. The second-order valence-electron chi connectivity index (χ2n) is 2.15. The van der Waals surface area contributed by atoms with E-state index in [1.165, 1.54) is 13.4 Å². The van der Waals surface area contributed by atoms with Crippen molar-refractivity contribution in [2.75, 3.05) is 20.3 Å². The highest BCUT2D eigenvalue weighted by Crippen LogP contribution is 2.03. The molecule has 0 aromatic rings. The van der Waals surface area contributed by atoms with E-state index in [1.807, 2.05) is 0 Å². The van der Waals surface area contributed by atoms with Gasteiger partial charge >= 0.3 is 0 Å². The number of nitrogens with one attached hydrogen (secondary N) is 1. The van der Waals surface area contributed by atoms with Gasteiger partial charge < -0.3 is 14.2 Å². The summed E-state index contributed by atoms with van der Waals surface area (Å²) in [7, 11) is 1.37. The highest BCUT2D eigenvalue weighted by Gasteiger charge is 2.15. The summed E-state index contributed by atoms with van der Waals surface area (Å²) in [5.74, 6) is -0.364. The number of rotatable bonds is 1. The molecule has 0 bridgehead atoms. The van der Waals surface area contributed by atoms with Gasteiger partial charge in [0.1, 0.15) is 19.5 Å². The summed E-state index contributed by atoms with van der Waals surface area (Å²) in [5, 5.41) is 2.30. The number of amides is 1. The summed E-state index contributed by atoms with van der Waals surface area (Å²) < 4.78 is 14.5. The van der Waals surface area contributed by atoms with Crippen molar-refractivity contribution < 1.29 is 19.0 Å². The molecule has 1 aliphatic heterocycles. The number of methoxy groups -OCH3 is 1. The fourth-order valence-electron chi connectivity index (χ4n) is 0.693. The van der Waals surface area contributed by atoms with Crippen molar-refractivity contribution in [2.45, 2.75) is 0 Å². The van der Waals surface area contributed by atoms with Crippen LogP contribution < -0.4 is 5.32 Å². The molecule has 1 rings (SSSR count). The molecule has 0 aromatic heterocycles. The highest BCUT2D eigenvalue weighted by atomic mass is 32.1. The van der Waals surface area contributed by atoms with Gasteiger partial charge in [-0.3, -0.25) is 10.1 Å². The van der Waals surface area contributed by atoms with Crippen molar-refractivity contribution in [3.63, 3.8) is 0 Å². The number of hydrogen-bond donors (Lipinski definition) is 1. The van der Waals surface area contributed by atoms with E-state index >= 15 is 0 Å². The van der Waals surface area contributed by atoms with Crippen LogP contribution in [0, 0.1) is 0 Å². The van der Waals surface area contributed by atoms with E-state index in [-0.39, 0.29) is 10.9 Å². The average Bonchev–Trinajstić information content (AvgIpc) is 2.19. The topological polar surface area (TPSA) is 56.8 Å². The number of carbonyl (C=O) groups excluding carboxylic acids is 1. The Morgan fingerprint density at radius 1 is 1.69 bits per heavy atom. The van der Waals surface area contributed by atoms with Crippen molar-refractivity contribution >= 4 is 23.3 Å². The number of hydrogen-bond acceptors (Lipinski definition) is 5. The van der Waals surface area contributed by atoms with Gasteiger partial charge in [0, 0.05) is 0 Å². The highest BCUT2D eigenvalue weighted by molar-refractivity contribution is 7.80. The third kappa shape index (κ3) is 2.90. The first-order valence-corrected chi connectivity index (χ1v) is 3.98. The lowest BCUT2D eigenvalue weighted by molar-refractivity contribution is -0.121. The van der Waals surface area contributed by atoms with Gasteiger partial charge in [0.25, 0.3) is 11.1 Å². The zero-order chi connectivity index (χ0) is 9.68. The van der Waals surface area contributed by atoms with Crippen molar-refractivity contribution in [1.29, 1.82) is 0 Å². The molecule has 1 amide bonds. The van der Waals surface area contributed by atoms with E-state index in [1.54, 1.807) is 0 Å².